The summed E-state index contributed by atoms with van der Waals surface area (Å²) in [7, 11) is 0. The van der Waals surface area contributed by atoms with Crippen LogP contribution in [-0.4, -0.2) is 21.8 Å². The molecule has 7 aromatic rings. The maximum Gasteiger partial charge on any atom is 0.137 e. The first-order valence-corrected chi connectivity index (χ1v) is 15.9. The number of rotatable bonds is 5. The van der Waals surface area contributed by atoms with Gasteiger partial charge in [-0.25, -0.2) is 4.98 Å². The molecule has 1 aliphatic rings. The average molecular weight is 600 g/mol. The Morgan fingerprint density at radius 1 is 0.609 bits per heavy atom. The van der Waals surface area contributed by atoms with Gasteiger partial charge in [-0.05, 0) is 106 Å². The number of nitrogens with zero attached hydrogens (tertiary/aromatic N) is 5. The molecule has 3 heterocycles. The predicted molar refractivity (Wildman–Crippen MR) is 194 cm³/mol. The Kier molecular flexibility index (Phi) is 6.57. The van der Waals surface area contributed by atoms with Gasteiger partial charge in [0.15, 0.2) is 0 Å². The summed E-state index contributed by atoms with van der Waals surface area (Å²) in [5.41, 5.74) is 10.4. The molecule has 1 aliphatic heterocycles. The van der Waals surface area contributed by atoms with Gasteiger partial charge in [-0.2, -0.15) is 0 Å². The molecule has 8 rings (SSSR count). The molecule has 2 aromatic heterocycles. The van der Waals surface area contributed by atoms with E-state index >= 15 is 0 Å². The van der Waals surface area contributed by atoms with Crippen molar-refractivity contribution in [2.45, 2.75) is 33.2 Å². The number of hydrogen-bond donors (Lipinski definition) is 0. The van der Waals surface area contributed by atoms with Crippen molar-refractivity contribution < 1.29 is 0 Å². The maximum absolute atomic E-state index is 4.81. The van der Waals surface area contributed by atoms with Gasteiger partial charge < -0.3 is 14.7 Å². The lowest BCUT2D eigenvalue weighted by molar-refractivity contribution is 0.518. The monoisotopic (exact) mass is 599 g/mol. The molecule has 0 saturated heterocycles. The standard InChI is InChI=1S/C41H37N5/c1-29-23-24-42-40(25-29)46-36-18-9-8-17-34(36)35-22-21-33(27-39(35)46)45(30-13-6-5-7-14-30)32-16-12-15-31(26-32)43-28-44(41(2,3)4)38-20-11-10-19-37(38)43/h5-27H,28H2,1-4H3. The van der Waals surface area contributed by atoms with Gasteiger partial charge in [-0.1, -0.05) is 60.7 Å². The van der Waals surface area contributed by atoms with E-state index in [9.17, 15) is 0 Å². The summed E-state index contributed by atoms with van der Waals surface area (Å²) in [5.74, 6) is 0.924. The SMILES string of the molecule is Cc1ccnc(-n2c3ccccc3c3ccc(N(c4ccccc4)c4cccc(N5CN(C(C)(C)C)c6ccccc65)c4)cc32)c1. The van der Waals surface area contributed by atoms with Gasteiger partial charge in [0.25, 0.3) is 0 Å². The number of anilines is 6. The fraction of sp³-hybridized carbons (Fsp3) is 0.146. The normalized spacial score (nSPS) is 13.0. The largest absolute Gasteiger partial charge is 0.347 e. The molecule has 0 spiro atoms. The fourth-order valence-electron chi connectivity index (χ4n) is 6.82. The van der Waals surface area contributed by atoms with Crippen molar-refractivity contribution in [2.24, 2.45) is 0 Å². The lowest BCUT2D eigenvalue weighted by Crippen LogP contribution is -2.42. The van der Waals surface area contributed by atoms with Crippen LogP contribution < -0.4 is 14.7 Å². The highest BCUT2D eigenvalue weighted by Gasteiger charge is 2.33. The number of benzene rings is 5. The summed E-state index contributed by atoms with van der Waals surface area (Å²) in [6.45, 7) is 9.76. The van der Waals surface area contributed by atoms with E-state index in [1.807, 2.05) is 12.3 Å². The van der Waals surface area contributed by atoms with Gasteiger partial charge in [0.2, 0.25) is 0 Å². The molecular weight excluding hydrogens is 562 g/mol. The van der Waals surface area contributed by atoms with Gasteiger partial charge in [0.1, 0.15) is 5.82 Å². The Labute approximate surface area is 270 Å². The first-order chi connectivity index (χ1) is 22.4. The molecule has 0 saturated carbocycles. The van der Waals surface area contributed by atoms with Crippen molar-refractivity contribution in [2.75, 3.05) is 21.4 Å². The van der Waals surface area contributed by atoms with Gasteiger partial charge >= 0.3 is 0 Å². The molecule has 0 unspecified atom stereocenters. The highest BCUT2D eigenvalue weighted by atomic mass is 15.4. The van der Waals surface area contributed by atoms with Crippen LogP contribution in [0.5, 0.6) is 0 Å². The summed E-state index contributed by atoms with van der Waals surface area (Å²) in [5, 5.41) is 2.43. The van der Waals surface area contributed by atoms with E-state index in [1.54, 1.807) is 0 Å². The maximum atomic E-state index is 4.81. The molecule has 5 nitrogen and oxygen atoms in total. The molecule has 0 N–H and O–H groups in total. The number of pyridine rings is 1. The number of hydrogen-bond acceptors (Lipinski definition) is 4. The number of para-hydroxylation sites is 4. The van der Waals surface area contributed by atoms with E-state index in [4.69, 9.17) is 4.98 Å². The third-order valence-electron chi connectivity index (χ3n) is 9.02. The Balaban J connectivity index is 1.30. The Bertz CT molecular complexity index is 2210. The van der Waals surface area contributed by atoms with Crippen molar-refractivity contribution >= 4 is 55.9 Å². The van der Waals surface area contributed by atoms with E-state index in [0.717, 1.165) is 46.3 Å². The zero-order valence-electron chi connectivity index (χ0n) is 26.7. The van der Waals surface area contributed by atoms with Crippen LogP contribution >= 0.6 is 0 Å². The summed E-state index contributed by atoms with van der Waals surface area (Å²) in [6.07, 6.45) is 1.90. The van der Waals surface area contributed by atoms with Gasteiger partial charge in [0, 0.05) is 45.3 Å². The van der Waals surface area contributed by atoms with Crippen LogP contribution in [-0.2, 0) is 0 Å². The second-order valence-corrected chi connectivity index (χ2v) is 13.1. The van der Waals surface area contributed by atoms with Crippen LogP contribution in [0.1, 0.15) is 26.3 Å². The zero-order valence-corrected chi connectivity index (χ0v) is 26.7. The van der Waals surface area contributed by atoms with E-state index in [-0.39, 0.29) is 5.54 Å². The Hall–Kier alpha value is -5.55. The number of aryl methyl sites for hydroxylation is 1. The summed E-state index contributed by atoms with van der Waals surface area (Å²) < 4.78 is 2.29. The first kappa shape index (κ1) is 28.0. The van der Waals surface area contributed by atoms with Gasteiger partial charge in [-0.15, -0.1) is 0 Å². The third-order valence-corrected chi connectivity index (χ3v) is 9.02. The molecule has 0 bridgehead atoms. The fourth-order valence-corrected chi connectivity index (χ4v) is 6.82. The third kappa shape index (κ3) is 4.67. The van der Waals surface area contributed by atoms with Crippen molar-refractivity contribution in [1.82, 2.24) is 9.55 Å². The quantitative estimate of drug-likeness (QED) is 0.197. The van der Waals surface area contributed by atoms with Crippen LogP contribution in [0, 0.1) is 6.92 Å². The molecule has 5 heteroatoms. The van der Waals surface area contributed by atoms with E-state index in [1.165, 1.54) is 27.7 Å². The Morgan fingerprint density at radius 3 is 2.11 bits per heavy atom. The molecule has 0 radical (unpaired) electrons. The van der Waals surface area contributed by atoms with Gasteiger partial charge in [0.05, 0.1) is 29.1 Å². The summed E-state index contributed by atoms with van der Waals surface area (Å²) in [4.78, 5) is 12.1. The minimum Gasteiger partial charge on any atom is -0.347 e. The van der Waals surface area contributed by atoms with Gasteiger partial charge in [-0.3, -0.25) is 4.57 Å². The van der Waals surface area contributed by atoms with E-state index in [2.05, 4.69) is 174 Å². The van der Waals surface area contributed by atoms with Crippen molar-refractivity contribution in [1.29, 1.82) is 0 Å². The minimum atomic E-state index is -0.00143. The zero-order chi connectivity index (χ0) is 31.4. The molecular formula is C41H37N5. The molecule has 0 atom stereocenters. The lowest BCUT2D eigenvalue weighted by atomic mass is 10.1. The molecule has 5 aromatic carbocycles. The molecule has 46 heavy (non-hydrogen) atoms. The van der Waals surface area contributed by atoms with Crippen molar-refractivity contribution in [3.63, 3.8) is 0 Å². The highest BCUT2D eigenvalue weighted by Crippen LogP contribution is 2.45. The van der Waals surface area contributed by atoms with E-state index < -0.39 is 0 Å². The molecule has 0 amide bonds. The van der Waals surface area contributed by atoms with Crippen LogP contribution in [0.4, 0.5) is 34.1 Å². The summed E-state index contributed by atoms with van der Waals surface area (Å²) in [6, 6.07) is 47.9. The van der Waals surface area contributed by atoms with E-state index in [0.29, 0.717) is 0 Å². The molecule has 0 fully saturated rings. The minimum absolute atomic E-state index is 0.00143. The van der Waals surface area contributed by atoms with Crippen molar-refractivity contribution in [3.8, 4) is 5.82 Å². The lowest BCUT2D eigenvalue weighted by Gasteiger charge is -2.34. The topological polar surface area (TPSA) is 27.5 Å². The second kappa shape index (κ2) is 10.8. The van der Waals surface area contributed by atoms with Crippen LogP contribution in [0.3, 0.4) is 0 Å². The summed E-state index contributed by atoms with van der Waals surface area (Å²) >= 11 is 0. The number of aromatic nitrogens is 2. The van der Waals surface area contributed by atoms with Crippen LogP contribution in [0.25, 0.3) is 27.6 Å². The second-order valence-electron chi connectivity index (χ2n) is 13.1. The average Bonchev–Trinajstić information content (AvgIpc) is 3.62. The van der Waals surface area contributed by atoms with Crippen LogP contribution in [0.2, 0.25) is 0 Å². The molecule has 0 aliphatic carbocycles. The predicted octanol–water partition coefficient (Wildman–Crippen LogP) is 10.7. The smallest absolute Gasteiger partial charge is 0.137 e. The number of fused-ring (bicyclic) bond motifs is 4. The Morgan fingerprint density at radius 2 is 1.30 bits per heavy atom. The first-order valence-electron chi connectivity index (χ1n) is 15.9. The molecule has 226 valence electrons. The van der Waals surface area contributed by atoms with Crippen LogP contribution in [0.15, 0.2) is 140 Å². The van der Waals surface area contributed by atoms with Crippen molar-refractivity contribution in [3.05, 3.63) is 145 Å². The highest BCUT2D eigenvalue weighted by molar-refractivity contribution is 6.10.